The zero-order valence-corrected chi connectivity index (χ0v) is 9.43. The lowest BCUT2D eigenvalue weighted by Gasteiger charge is -2.26. The summed E-state index contributed by atoms with van der Waals surface area (Å²) in [6.45, 7) is 5.59. The molecule has 0 aliphatic carbocycles. The molecule has 88 valence electrons. The third kappa shape index (κ3) is 2.57. The topological polar surface area (TPSA) is 60.2 Å². The molecular weight excluding hydrogens is 208 g/mol. The number of hydrogen-bond donors (Lipinski definition) is 0. The Balaban J connectivity index is 1.79. The highest BCUT2D eigenvalue weighted by atomic mass is 16.5. The van der Waals surface area contributed by atoms with Gasteiger partial charge in [0.2, 0.25) is 0 Å². The van der Waals surface area contributed by atoms with E-state index in [0.29, 0.717) is 13.0 Å². The van der Waals surface area contributed by atoms with Crippen LogP contribution in [0, 0.1) is 0 Å². The molecule has 0 aromatic carbocycles. The maximum absolute atomic E-state index is 11.2. The molecule has 0 unspecified atom stereocenters. The van der Waals surface area contributed by atoms with Crippen molar-refractivity contribution in [2.24, 2.45) is 0 Å². The lowest BCUT2D eigenvalue weighted by Crippen LogP contribution is -2.35. The number of hydrogen-bond acceptors (Lipinski definition) is 5. The van der Waals surface area contributed by atoms with Crippen LogP contribution in [0.3, 0.4) is 0 Å². The van der Waals surface area contributed by atoms with E-state index in [1.54, 1.807) is 6.33 Å². The maximum atomic E-state index is 11.2. The molecule has 1 aliphatic heterocycles. The first-order valence-corrected chi connectivity index (χ1v) is 5.54. The van der Waals surface area contributed by atoms with Gasteiger partial charge in [-0.05, 0) is 6.92 Å². The molecule has 1 aromatic rings. The van der Waals surface area contributed by atoms with E-state index < -0.39 is 0 Å². The summed E-state index contributed by atoms with van der Waals surface area (Å²) >= 11 is 0. The van der Waals surface area contributed by atoms with Gasteiger partial charge in [-0.3, -0.25) is 9.69 Å². The normalized spacial score (nSPS) is 15.8. The van der Waals surface area contributed by atoms with E-state index in [1.165, 1.54) is 0 Å². The molecular formula is C10H16N4O2. The summed E-state index contributed by atoms with van der Waals surface area (Å²) in [5.41, 5.74) is 0. The summed E-state index contributed by atoms with van der Waals surface area (Å²) in [5, 5.41) is 7.88. The number of carbonyl (C=O) groups excluding carboxylic acids is 1. The highest BCUT2D eigenvalue weighted by molar-refractivity contribution is 5.69. The Labute approximate surface area is 94.2 Å². The van der Waals surface area contributed by atoms with Crippen LogP contribution < -0.4 is 0 Å². The fourth-order valence-electron chi connectivity index (χ4n) is 1.79. The molecule has 0 radical (unpaired) electrons. The Morgan fingerprint density at radius 3 is 3.25 bits per heavy atom. The van der Waals surface area contributed by atoms with Crippen LogP contribution in [0.15, 0.2) is 6.33 Å². The molecule has 6 nitrogen and oxygen atoms in total. The molecule has 0 atom stereocenters. The van der Waals surface area contributed by atoms with E-state index in [4.69, 9.17) is 4.74 Å². The fraction of sp³-hybridized carbons (Fsp3) is 0.700. The largest absolute Gasteiger partial charge is 0.466 e. The predicted molar refractivity (Wildman–Crippen MR) is 56.5 cm³/mol. The summed E-state index contributed by atoms with van der Waals surface area (Å²) in [4.78, 5) is 13.4. The number of rotatable bonds is 4. The van der Waals surface area contributed by atoms with Gasteiger partial charge in [0.05, 0.1) is 19.6 Å². The molecule has 0 fully saturated rings. The summed E-state index contributed by atoms with van der Waals surface area (Å²) in [6, 6.07) is 0. The van der Waals surface area contributed by atoms with Gasteiger partial charge in [-0.15, -0.1) is 10.2 Å². The van der Waals surface area contributed by atoms with Crippen molar-refractivity contribution < 1.29 is 9.53 Å². The van der Waals surface area contributed by atoms with Gasteiger partial charge in [0.25, 0.3) is 0 Å². The number of esters is 1. The van der Waals surface area contributed by atoms with E-state index in [9.17, 15) is 4.79 Å². The lowest BCUT2D eigenvalue weighted by molar-refractivity contribution is -0.143. The summed E-state index contributed by atoms with van der Waals surface area (Å²) in [7, 11) is 0. The summed E-state index contributed by atoms with van der Waals surface area (Å²) in [6.07, 6.45) is 2.19. The molecule has 1 aromatic heterocycles. The van der Waals surface area contributed by atoms with Crippen LogP contribution in [0.25, 0.3) is 0 Å². The van der Waals surface area contributed by atoms with E-state index in [0.717, 1.165) is 32.0 Å². The number of nitrogens with zero attached hydrogens (tertiary/aromatic N) is 4. The highest BCUT2D eigenvalue weighted by Gasteiger charge is 2.17. The van der Waals surface area contributed by atoms with Crippen LogP contribution in [0.4, 0.5) is 0 Å². The van der Waals surface area contributed by atoms with Crippen molar-refractivity contribution in [2.75, 3.05) is 19.7 Å². The van der Waals surface area contributed by atoms with E-state index in [1.807, 2.05) is 11.5 Å². The lowest BCUT2D eigenvalue weighted by atomic mass is 10.3. The highest BCUT2D eigenvalue weighted by Crippen LogP contribution is 2.09. The average Bonchev–Trinajstić information content (AvgIpc) is 2.74. The van der Waals surface area contributed by atoms with E-state index >= 15 is 0 Å². The Morgan fingerprint density at radius 1 is 1.56 bits per heavy atom. The SMILES string of the molecule is CCOC(=O)CCN1CCn2cnnc2C1. The molecule has 0 amide bonds. The van der Waals surface area contributed by atoms with Crippen LogP contribution in [0.2, 0.25) is 0 Å². The zero-order valence-electron chi connectivity index (χ0n) is 9.43. The second-order valence-corrected chi connectivity index (χ2v) is 3.77. The molecule has 0 bridgehead atoms. The molecule has 0 N–H and O–H groups in total. The molecule has 2 rings (SSSR count). The van der Waals surface area contributed by atoms with Crippen LogP contribution in [0.1, 0.15) is 19.2 Å². The van der Waals surface area contributed by atoms with Crippen molar-refractivity contribution in [3.05, 3.63) is 12.2 Å². The first kappa shape index (κ1) is 11.1. The van der Waals surface area contributed by atoms with Gasteiger partial charge >= 0.3 is 5.97 Å². The Morgan fingerprint density at radius 2 is 2.44 bits per heavy atom. The van der Waals surface area contributed by atoms with Crippen molar-refractivity contribution in [1.29, 1.82) is 0 Å². The van der Waals surface area contributed by atoms with Gasteiger partial charge in [-0.1, -0.05) is 0 Å². The van der Waals surface area contributed by atoms with Crippen LogP contribution in [-0.2, 0) is 22.6 Å². The number of fused-ring (bicyclic) bond motifs is 1. The molecule has 2 heterocycles. The molecule has 16 heavy (non-hydrogen) atoms. The monoisotopic (exact) mass is 224 g/mol. The van der Waals surface area contributed by atoms with Crippen molar-refractivity contribution in [1.82, 2.24) is 19.7 Å². The Bertz CT molecular complexity index is 363. The van der Waals surface area contributed by atoms with Crippen molar-refractivity contribution >= 4 is 5.97 Å². The van der Waals surface area contributed by atoms with Gasteiger partial charge in [0, 0.05) is 19.6 Å². The maximum Gasteiger partial charge on any atom is 0.307 e. The third-order valence-electron chi connectivity index (χ3n) is 2.66. The molecule has 0 saturated carbocycles. The van der Waals surface area contributed by atoms with E-state index in [2.05, 4.69) is 15.1 Å². The molecule has 0 spiro atoms. The first-order chi connectivity index (χ1) is 7.79. The zero-order chi connectivity index (χ0) is 11.4. The van der Waals surface area contributed by atoms with Crippen LogP contribution >= 0.6 is 0 Å². The minimum absolute atomic E-state index is 0.130. The van der Waals surface area contributed by atoms with Gasteiger partial charge in [-0.25, -0.2) is 0 Å². The quantitative estimate of drug-likeness (QED) is 0.676. The molecule has 1 aliphatic rings. The van der Waals surface area contributed by atoms with Crippen molar-refractivity contribution in [3.8, 4) is 0 Å². The first-order valence-electron chi connectivity index (χ1n) is 5.54. The minimum atomic E-state index is -0.130. The van der Waals surface area contributed by atoms with Crippen molar-refractivity contribution in [2.45, 2.75) is 26.4 Å². The number of carbonyl (C=O) groups is 1. The van der Waals surface area contributed by atoms with Gasteiger partial charge < -0.3 is 9.30 Å². The van der Waals surface area contributed by atoms with Gasteiger partial charge in [-0.2, -0.15) is 0 Å². The second-order valence-electron chi connectivity index (χ2n) is 3.77. The Hall–Kier alpha value is -1.43. The van der Waals surface area contributed by atoms with Crippen LogP contribution in [-0.4, -0.2) is 45.3 Å². The van der Waals surface area contributed by atoms with E-state index in [-0.39, 0.29) is 5.97 Å². The second kappa shape index (κ2) is 5.07. The fourth-order valence-corrected chi connectivity index (χ4v) is 1.79. The third-order valence-corrected chi connectivity index (χ3v) is 2.66. The number of aromatic nitrogens is 3. The molecule has 6 heteroatoms. The van der Waals surface area contributed by atoms with Crippen LogP contribution in [0.5, 0.6) is 0 Å². The summed E-state index contributed by atoms with van der Waals surface area (Å²) in [5.74, 6) is 0.838. The minimum Gasteiger partial charge on any atom is -0.466 e. The number of ether oxygens (including phenoxy) is 1. The summed E-state index contributed by atoms with van der Waals surface area (Å²) < 4.78 is 6.93. The smallest absolute Gasteiger partial charge is 0.307 e. The Kier molecular flexibility index (Phi) is 3.51. The average molecular weight is 224 g/mol. The standard InChI is InChI=1S/C10H16N4O2/c1-2-16-10(15)3-4-13-5-6-14-8-11-12-9(14)7-13/h8H,2-7H2,1H3. The van der Waals surface area contributed by atoms with Gasteiger partial charge in [0.1, 0.15) is 12.2 Å². The van der Waals surface area contributed by atoms with Gasteiger partial charge in [0.15, 0.2) is 0 Å². The van der Waals surface area contributed by atoms with Crippen molar-refractivity contribution in [3.63, 3.8) is 0 Å². The predicted octanol–water partition coefficient (Wildman–Crippen LogP) is 0.0469. The molecule has 0 saturated heterocycles.